The fraction of sp³-hybridized carbons (Fsp3) is 0.111. The fourth-order valence-electron chi connectivity index (χ4n) is 0.853. The van der Waals surface area contributed by atoms with Crippen LogP contribution >= 0.6 is 39.3 Å². The highest BCUT2D eigenvalue weighted by Crippen LogP contribution is 2.28. The second kappa shape index (κ2) is 6.01. The van der Waals surface area contributed by atoms with Crippen LogP contribution in [0.2, 0.25) is 5.02 Å². The van der Waals surface area contributed by atoms with Crippen LogP contribution < -0.4 is 5.32 Å². The lowest BCUT2D eigenvalue weighted by Crippen LogP contribution is -2.12. The van der Waals surface area contributed by atoms with Crippen molar-refractivity contribution in [3.05, 3.63) is 27.7 Å². The van der Waals surface area contributed by atoms with Gasteiger partial charge in [-0.05, 0) is 24.5 Å². The molecule has 0 spiro atoms. The molecule has 0 aromatic heterocycles. The van der Waals surface area contributed by atoms with Gasteiger partial charge < -0.3 is 0 Å². The van der Waals surface area contributed by atoms with Gasteiger partial charge in [0.05, 0.1) is 10.7 Å². The molecule has 0 amide bonds. The van der Waals surface area contributed by atoms with E-state index in [-0.39, 0.29) is 0 Å². The lowest BCUT2D eigenvalue weighted by atomic mass is 10.3. The molecule has 0 heterocycles. The molecular weight excluding hydrogens is 298 g/mol. The summed E-state index contributed by atoms with van der Waals surface area (Å²) in [6.45, 7) is 0. The first-order chi connectivity index (χ1) is 7.17. The van der Waals surface area contributed by atoms with Crippen LogP contribution in [0.15, 0.2) is 27.7 Å². The minimum absolute atomic E-state index is 0.512. The Hall–Kier alpha value is -0.700. The summed E-state index contributed by atoms with van der Waals surface area (Å²) in [5.41, 5.74) is 0.623. The zero-order valence-electron chi connectivity index (χ0n) is 7.79. The average Bonchev–Trinajstić information content (AvgIpc) is 2.22. The summed E-state index contributed by atoms with van der Waals surface area (Å²) in [6, 6.07) is 5.37. The van der Waals surface area contributed by atoms with E-state index in [9.17, 15) is 0 Å². The van der Waals surface area contributed by atoms with Gasteiger partial charge in [-0.3, -0.25) is 5.32 Å². The Labute approximate surface area is 106 Å². The number of nitrogens with one attached hydrogen (secondary N) is 1. The number of aliphatic imine (C=N–C) groups is 1. The van der Waals surface area contributed by atoms with Gasteiger partial charge in [-0.1, -0.05) is 39.3 Å². The molecule has 0 bridgehead atoms. The van der Waals surface area contributed by atoms with Crippen LogP contribution in [0, 0.1) is 11.5 Å². The SMILES string of the molecule is CSC(=Nc1cc(Br)ccc1Cl)NC#N. The second-order valence-electron chi connectivity index (χ2n) is 2.45. The minimum atomic E-state index is 0.512. The van der Waals surface area contributed by atoms with Crippen LogP contribution in [0.4, 0.5) is 5.69 Å². The number of hydrogen-bond acceptors (Lipinski definition) is 3. The summed E-state index contributed by atoms with van der Waals surface area (Å²) in [5, 5.41) is 12.0. The molecule has 1 N–H and O–H groups in total. The number of nitrogens with zero attached hydrogens (tertiary/aromatic N) is 2. The van der Waals surface area contributed by atoms with Crippen molar-refractivity contribution in [1.82, 2.24) is 5.32 Å². The first kappa shape index (κ1) is 12.4. The number of hydrogen-bond donors (Lipinski definition) is 1. The normalized spacial score (nSPS) is 10.9. The number of thioether (sulfide) groups is 1. The van der Waals surface area contributed by atoms with E-state index < -0.39 is 0 Å². The molecule has 15 heavy (non-hydrogen) atoms. The molecule has 0 saturated carbocycles. The molecule has 0 aliphatic carbocycles. The van der Waals surface area contributed by atoms with Crippen LogP contribution in [0.1, 0.15) is 0 Å². The number of benzene rings is 1. The second-order valence-corrected chi connectivity index (χ2v) is 4.57. The molecule has 6 heteroatoms. The number of amidine groups is 1. The monoisotopic (exact) mass is 303 g/mol. The molecule has 0 atom stereocenters. The maximum Gasteiger partial charge on any atom is 0.183 e. The molecule has 1 rings (SSSR count). The molecule has 3 nitrogen and oxygen atoms in total. The Kier molecular flexibility index (Phi) is 4.95. The third kappa shape index (κ3) is 3.74. The van der Waals surface area contributed by atoms with E-state index in [1.54, 1.807) is 12.1 Å². The zero-order valence-corrected chi connectivity index (χ0v) is 10.9. The predicted octanol–water partition coefficient (Wildman–Crippen LogP) is 3.52. The summed E-state index contributed by atoms with van der Waals surface area (Å²) in [6.07, 6.45) is 3.65. The Morgan fingerprint density at radius 3 is 3.00 bits per heavy atom. The van der Waals surface area contributed by atoms with Crippen molar-refractivity contribution in [1.29, 1.82) is 5.26 Å². The van der Waals surface area contributed by atoms with E-state index in [1.165, 1.54) is 11.8 Å². The Morgan fingerprint density at radius 1 is 1.67 bits per heavy atom. The van der Waals surface area contributed by atoms with Crippen LogP contribution in [0.3, 0.4) is 0 Å². The van der Waals surface area contributed by atoms with Crippen molar-refractivity contribution in [2.45, 2.75) is 0 Å². The van der Waals surface area contributed by atoms with Gasteiger partial charge in [-0.15, -0.1) is 0 Å². The molecule has 0 saturated heterocycles. The van der Waals surface area contributed by atoms with Crippen molar-refractivity contribution < 1.29 is 0 Å². The predicted molar refractivity (Wildman–Crippen MR) is 68.5 cm³/mol. The van der Waals surface area contributed by atoms with Crippen molar-refractivity contribution in [3.8, 4) is 6.19 Å². The summed E-state index contributed by atoms with van der Waals surface area (Å²) in [5.74, 6) is 0. The Bertz CT molecular complexity index is 428. The third-order valence-electron chi connectivity index (χ3n) is 1.49. The molecule has 0 fully saturated rings. The van der Waals surface area contributed by atoms with Gasteiger partial charge in [-0.25, -0.2) is 4.99 Å². The minimum Gasteiger partial charge on any atom is -0.271 e. The summed E-state index contributed by atoms with van der Waals surface area (Å²) < 4.78 is 0.892. The van der Waals surface area contributed by atoms with Gasteiger partial charge in [0, 0.05) is 4.47 Å². The Morgan fingerprint density at radius 2 is 2.40 bits per heavy atom. The van der Waals surface area contributed by atoms with Crippen LogP contribution in [-0.4, -0.2) is 11.4 Å². The molecule has 0 radical (unpaired) electrons. The molecule has 1 aromatic rings. The van der Waals surface area contributed by atoms with Crippen molar-refractivity contribution in [2.75, 3.05) is 6.26 Å². The molecule has 0 aliphatic heterocycles. The zero-order chi connectivity index (χ0) is 11.3. The average molecular weight is 305 g/mol. The van der Waals surface area contributed by atoms with Gasteiger partial charge in [0.2, 0.25) is 0 Å². The van der Waals surface area contributed by atoms with E-state index in [4.69, 9.17) is 16.9 Å². The fourth-order valence-corrected chi connectivity index (χ4v) is 1.70. The summed E-state index contributed by atoms with van der Waals surface area (Å²) >= 11 is 10.6. The van der Waals surface area contributed by atoms with Gasteiger partial charge >= 0.3 is 0 Å². The number of nitriles is 1. The molecule has 78 valence electrons. The molecular formula is C9H7BrClN3S. The molecule has 0 aliphatic rings. The van der Waals surface area contributed by atoms with Gasteiger partial charge in [-0.2, -0.15) is 5.26 Å². The van der Waals surface area contributed by atoms with E-state index in [2.05, 4.69) is 26.2 Å². The molecule has 0 unspecified atom stereocenters. The summed E-state index contributed by atoms with van der Waals surface area (Å²) in [7, 11) is 0. The van der Waals surface area contributed by atoms with Crippen LogP contribution in [0.5, 0.6) is 0 Å². The van der Waals surface area contributed by atoms with Gasteiger partial charge in [0.15, 0.2) is 11.4 Å². The maximum atomic E-state index is 8.47. The number of rotatable bonds is 1. The van der Waals surface area contributed by atoms with E-state index in [1.807, 2.05) is 18.5 Å². The smallest absolute Gasteiger partial charge is 0.183 e. The quantitative estimate of drug-likeness (QED) is 0.374. The van der Waals surface area contributed by atoms with Gasteiger partial charge in [0.1, 0.15) is 0 Å². The first-order valence-electron chi connectivity index (χ1n) is 3.90. The van der Waals surface area contributed by atoms with Crippen molar-refractivity contribution in [3.63, 3.8) is 0 Å². The molecule has 1 aromatic carbocycles. The standard InChI is InChI=1S/C9H7BrClN3S/c1-15-9(13-5-12)14-8-4-6(10)2-3-7(8)11/h2-4H,1H3,(H,13,14). The van der Waals surface area contributed by atoms with E-state index >= 15 is 0 Å². The van der Waals surface area contributed by atoms with E-state index in [0.717, 1.165) is 4.47 Å². The Balaban J connectivity index is 3.05. The maximum absolute atomic E-state index is 8.47. The van der Waals surface area contributed by atoms with Crippen LogP contribution in [-0.2, 0) is 0 Å². The largest absolute Gasteiger partial charge is 0.271 e. The highest BCUT2D eigenvalue weighted by Gasteiger charge is 2.02. The third-order valence-corrected chi connectivity index (χ3v) is 2.88. The first-order valence-corrected chi connectivity index (χ1v) is 6.29. The highest BCUT2D eigenvalue weighted by molar-refractivity contribution is 9.10. The lowest BCUT2D eigenvalue weighted by molar-refractivity contribution is 1.28. The topological polar surface area (TPSA) is 48.2 Å². The summed E-state index contributed by atoms with van der Waals surface area (Å²) in [4.78, 5) is 4.21. The number of halogens is 2. The van der Waals surface area contributed by atoms with Crippen molar-refractivity contribution in [2.24, 2.45) is 4.99 Å². The lowest BCUT2D eigenvalue weighted by Gasteiger charge is -2.02. The van der Waals surface area contributed by atoms with Gasteiger partial charge in [0.25, 0.3) is 0 Å². The highest BCUT2D eigenvalue weighted by atomic mass is 79.9. The van der Waals surface area contributed by atoms with Crippen molar-refractivity contribution >= 4 is 50.1 Å². The van der Waals surface area contributed by atoms with E-state index in [0.29, 0.717) is 15.9 Å². The van der Waals surface area contributed by atoms with Crippen LogP contribution in [0.25, 0.3) is 0 Å².